The van der Waals surface area contributed by atoms with Gasteiger partial charge in [0.15, 0.2) is 5.15 Å². The van der Waals surface area contributed by atoms with Crippen LogP contribution in [0.15, 0.2) is 12.1 Å². The van der Waals surface area contributed by atoms with Crippen LogP contribution in [-0.2, 0) is 4.79 Å². The van der Waals surface area contributed by atoms with Crippen molar-refractivity contribution in [2.45, 2.75) is 18.9 Å². The molecule has 1 aliphatic rings. The summed E-state index contributed by atoms with van der Waals surface area (Å²) in [5.41, 5.74) is 0. The summed E-state index contributed by atoms with van der Waals surface area (Å²) in [7, 11) is 0. The van der Waals surface area contributed by atoms with E-state index in [-0.39, 0.29) is 12.5 Å². The highest BCUT2D eigenvalue weighted by molar-refractivity contribution is 6.29. The molecule has 6 heteroatoms. The third kappa shape index (κ3) is 3.36. The summed E-state index contributed by atoms with van der Waals surface area (Å²) >= 11 is 5.57. The lowest BCUT2D eigenvalue weighted by Gasteiger charge is -2.05. The lowest BCUT2D eigenvalue weighted by Crippen LogP contribution is -2.31. The molecule has 1 aromatic rings. The summed E-state index contributed by atoms with van der Waals surface area (Å²) in [5, 5.41) is 13.5. The van der Waals surface area contributed by atoms with Crippen molar-refractivity contribution in [1.82, 2.24) is 15.5 Å². The molecule has 0 spiro atoms. The second-order valence-corrected chi connectivity index (χ2v) is 3.82. The van der Waals surface area contributed by atoms with E-state index in [1.807, 2.05) is 0 Å². The van der Waals surface area contributed by atoms with Crippen LogP contribution in [-0.4, -0.2) is 28.7 Å². The Morgan fingerprint density at radius 2 is 2.27 bits per heavy atom. The van der Waals surface area contributed by atoms with Crippen molar-refractivity contribution in [2.75, 3.05) is 11.9 Å². The Morgan fingerprint density at radius 1 is 1.47 bits per heavy atom. The number of nitrogens with zero attached hydrogens (tertiary/aromatic N) is 2. The van der Waals surface area contributed by atoms with Gasteiger partial charge in [-0.05, 0) is 25.0 Å². The van der Waals surface area contributed by atoms with Crippen LogP contribution in [0.2, 0.25) is 5.15 Å². The Labute approximate surface area is 92.2 Å². The minimum Gasteiger partial charge on any atom is -0.360 e. The molecule has 1 saturated carbocycles. The zero-order valence-electron chi connectivity index (χ0n) is 8.03. The fourth-order valence-electron chi connectivity index (χ4n) is 1.09. The number of nitrogens with one attached hydrogen (secondary N) is 2. The first kappa shape index (κ1) is 10.2. The summed E-state index contributed by atoms with van der Waals surface area (Å²) in [4.78, 5) is 11.3. The van der Waals surface area contributed by atoms with Crippen LogP contribution in [0.5, 0.6) is 0 Å². The number of carbonyl (C=O) groups excluding carboxylic acids is 1. The normalized spacial score (nSPS) is 14.7. The van der Waals surface area contributed by atoms with E-state index in [9.17, 15) is 4.79 Å². The first-order valence-electron chi connectivity index (χ1n) is 4.76. The smallest absolute Gasteiger partial charge is 0.239 e. The summed E-state index contributed by atoms with van der Waals surface area (Å²) in [6, 6.07) is 3.69. The highest BCUT2D eigenvalue weighted by Gasteiger charge is 2.22. The third-order valence-corrected chi connectivity index (χ3v) is 2.21. The van der Waals surface area contributed by atoms with Crippen LogP contribution in [0, 0.1) is 0 Å². The highest BCUT2D eigenvalue weighted by atomic mass is 35.5. The molecular formula is C9H11ClN4O. The standard InChI is InChI=1S/C9H11ClN4O/c10-7-3-4-8(14-13-7)11-5-9(15)12-6-1-2-6/h3-4,6H,1-2,5H2,(H,11,14)(H,12,15). The molecule has 0 atom stereocenters. The Hall–Kier alpha value is -1.36. The fraction of sp³-hybridized carbons (Fsp3) is 0.444. The van der Waals surface area contributed by atoms with E-state index in [1.165, 1.54) is 0 Å². The van der Waals surface area contributed by atoms with Gasteiger partial charge < -0.3 is 10.6 Å². The molecule has 1 aliphatic carbocycles. The van der Waals surface area contributed by atoms with Crippen LogP contribution in [0.3, 0.4) is 0 Å². The zero-order chi connectivity index (χ0) is 10.7. The number of amides is 1. The Bertz CT molecular complexity index is 350. The molecule has 0 unspecified atom stereocenters. The number of hydrogen-bond acceptors (Lipinski definition) is 4. The average molecular weight is 227 g/mol. The highest BCUT2D eigenvalue weighted by Crippen LogP contribution is 2.18. The van der Waals surface area contributed by atoms with Gasteiger partial charge >= 0.3 is 0 Å². The fourth-order valence-corrected chi connectivity index (χ4v) is 1.19. The quantitative estimate of drug-likeness (QED) is 0.798. The van der Waals surface area contributed by atoms with Gasteiger partial charge in [0.05, 0.1) is 6.54 Å². The molecule has 1 fully saturated rings. The second kappa shape index (κ2) is 4.44. The van der Waals surface area contributed by atoms with E-state index in [0.29, 0.717) is 17.0 Å². The molecule has 2 N–H and O–H groups in total. The van der Waals surface area contributed by atoms with Crippen molar-refractivity contribution in [3.63, 3.8) is 0 Å². The summed E-state index contributed by atoms with van der Waals surface area (Å²) in [6.07, 6.45) is 2.18. The van der Waals surface area contributed by atoms with Crippen LogP contribution in [0.25, 0.3) is 0 Å². The molecule has 80 valence electrons. The first-order valence-corrected chi connectivity index (χ1v) is 5.14. The van der Waals surface area contributed by atoms with E-state index >= 15 is 0 Å². The minimum atomic E-state index is -0.0192. The molecule has 0 aromatic carbocycles. The summed E-state index contributed by atoms with van der Waals surface area (Å²) in [5.74, 6) is 0.527. The molecule has 2 rings (SSSR count). The van der Waals surface area contributed by atoms with Gasteiger partial charge in [-0.2, -0.15) is 0 Å². The average Bonchev–Trinajstić information content (AvgIpc) is 3.01. The number of aromatic nitrogens is 2. The molecule has 0 radical (unpaired) electrons. The van der Waals surface area contributed by atoms with Gasteiger partial charge in [-0.3, -0.25) is 4.79 Å². The van der Waals surface area contributed by atoms with Crippen molar-refractivity contribution in [3.8, 4) is 0 Å². The maximum Gasteiger partial charge on any atom is 0.239 e. The Kier molecular flexibility index (Phi) is 3.01. The van der Waals surface area contributed by atoms with E-state index in [1.54, 1.807) is 12.1 Å². The van der Waals surface area contributed by atoms with E-state index < -0.39 is 0 Å². The number of halogens is 1. The molecule has 1 aromatic heterocycles. The van der Waals surface area contributed by atoms with Gasteiger partial charge in [-0.25, -0.2) is 0 Å². The maximum absolute atomic E-state index is 11.3. The van der Waals surface area contributed by atoms with Crippen LogP contribution >= 0.6 is 11.6 Å². The molecule has 1 heterocycles. The first-order chi connectivity index (χ1) is 7.24. The summed E-state index contributed by atoms with van der Waals surface area (Å²) < 4.78 is 0. The maximum atomic E-state index is 11.3. The van der Waals surface area contributed by atoms with Crippen molar-refractivity contribution in [2.24, 2.45) is 0 Å². The van der Waals surface area contributed by atoms with Gasteiger partial charge in [-0.15, -0.1) is 10.2 Å². The topological polar surface area (TPSA) is 66.9 Å². The predicted molar refractivity (Wildman–Crippen MR) is 56.7 cm³/mol. The van der Waals surface area contributed by atoms with Gasteiger partial charge in [0.25, 0.3) is 0 Å². The summed E-state index contributed by atoms with van der Waals surface area (Å²) in [6.45, 7) is 0.215. The molecule has 0 bridgehead atoms. The molecule has 1 amide bonds. The van der Waals surface area contributed by atoms with Gasteiger partial charge in [0, 0.05) is 6.04 Å². The van der Waals surface area contributed by atoms with E-state index in [0.717, 1.165) is 12.8 Å². The van der Waals surface area contributed by atoms with Crippen LogP contribution in [0.4, 0.5) is 5.82 Å². The molecule has 0 saturated heterocycles. The number of hydrogen-bond donors (Lipinski definition) is 2. The lowest BCUT2D eigenvalue weighted by molar-refractivity contribution is -0.119. The van der Waals surface area contributed by atoms with E-state index in [4.69, 9.17) is 11.6 Å². The van der Waals surface area contributed by atoms with Crippen molar-refractivity contribution >= 4 is 23.3 Å². The number of rotatable bonds is 4. The second-order valence-electron chi connectivity index (χ2n) is 3.44. The van der Waals surface area contributed by atoms with Crippen molar-refractivity contribution in [1.29, 1.82) is 0 Å². The molecular weight excluding hydrogens is 216 g/mol. The Balaban J connectivity index is 1.76. The largest absolute Gasteiger partial charge is 0.360 e. The van der Waals surface area contributed by atoms with Crippen molar-refractivity contribution < 1.29 is 4.79 Å². The Morgan fingerprint density at radius 3 is 2.87 bits per heavy atom. The lowest BCUT2D eigenvalue weighted by atomic mass is 10.5. The number of anilines is 1. The van der Waals surface area contributed by atoms with Gasteiger partial charge in [0.2, 0.25) is 5.91 Å². The molecule has 5 nitrogen and oxygen atoms in total. The minimum absolute atomic E-state index is 0.0192. The third-order valence-electron chi connectivity index (χ3n) is 2.00. The van der Waals surface area contributed by atoms with Gasteiger partial charge in [-0.1, -0.05) is 11.6 Å². The van der Waals surface area contributed by atoms with Gasteiger partial charge in [0.1, 0.15) is 5.82 Å². The van der Waals surface area contributed by atoms with Crippen LogP contribution in [0.1, 0.15) is 12.8 Å². The molecule has 15 heavy (non-hydrogen) atoms. The monoisotopic (exact) mass is 226 g/mol. The zero-order valence-corrected chi connectivity index (χ0v) is 8.79. The molecule has 0 aliphatic heterocycles. The predicted octanol–water partition coefficient (Wildman–Crippen LogP) is 0.820. The van der Waals surface area contributed by atoms with E-state index in [2.05, 4.69) is 20.8 Å². The van der Waals surface area contributed by atoms with Crippen molar-refractivity contribution in [3.05, 3.63) is 17.3 Å². The van der Waals surface area contributed by atoms with Crippen LogP contribution < -0.4 is 10.6 Å². The SMILES string of the molecule is O=C(CNc1ccc(Cl)nn1)NC1CC1. The number of carbonyl (C=O) groups is 1.